The Bertz CT molecular complexity index is 1410. The van der Waals surface area contributed by atoms with Gasteiger partial charge in [0.2, 0.25) is 29.0 Å². The summed E-state index contributed by atoms with van der Waals surface area (Å²) in [5, 5.41) is 0. The molecular formula is C28H21NO7. The van der Waals surface area contributed by atoms with Crippen molar-refractivity contribution in [3.63, 3.8) is 0 Å². The van der Waals surface area contributed by atoms with Crippen LogP contribution < -0.4 is 14.4 Å². The van der Waals surface area contributed by atoms with Crippen molar-refractivity contribution in [3.8, 4) is 11.5 Å². The first-order chi connectivity index (χ1) is 17.4. The average molecular weight is 483 g/mol. The monoisotopic (exact) mass is 483 g/mol. The van der Waals surface area contributed by atoms with Gasteiger partial charge in [0.05, 0.1) is 37.8 Å². The fourth-order valence-corrected chi connectivity index (χ4v) is 5.67. The van der Waals surface area contributed by atoms with Crippen LogP contribution in [0.3, 0.4) is 0 Å². The minimum atomic E-state index is -2.12. The molecule has 2 aliphatic heterocycles. The Labute approximate surface area is 206 Å². The molecule has 2 heterocycles. The predicted molar refractivity (Wildman–Crippen MR) is 127 cm³/mol. The molecule has 1 aliphatic carbocycles. The number of nitrogens with zero attached hydrogens (tertiary/aromatic N) is 1. The van der Waals surface area contributed by atoms with Gasteiger partial charge in [-0.25, -0.2) is 4.90 Å². The molecule has 0 saturated carbocycles. The van der Waals surface area contributed by atoms with Crippen LogP contribution in [0.15, 0.2) is 72.8 Å². The maximum atomic E-state index is 14.1. The van der Waals surface area contributed by atoms with Crippen LogP contribution >= 0.6 is 0 Å². The first kappa shape index (κ1) is 22.2. The van der Waals surface area contributed by atoms with Gasteiger partial charge in [-0.05, 0) is 17.7 Å². The summed E-state index contributed by atoms with van der Waals surface area (Å²) in [5.74, 6) is -4.19. The van der Waals surface area contributed by atoms with E-state index in [-0.39, 0.29) is 22.6 Å². The van der Waals surface area contributed by atoms with Crippen LogP contribution in [0, 0.1) is 11.8 Å². The third kappa shape index (κ3) is 2.73. The standard InChI is InChI=1S/C28H21NO7/c1-34-16-12-13-20(35-2)19(14-16)29-26(32)21-22(27(29)33)28(36-23(21)15-8-4-3-5-9-15)24(30)17-10-6-7-11-18(17)25(28)31/h3-14,21-23H,1-2H3/t21-,22+,23+/m0/s1. The van der Waals surface area contributed by atoms with Crippen LogP contribution in [0.5, 0.6) is 11.5 Å². The summed E-state index contributed by atoms with van der Waals surface area (Å²) in [6.07, 6.45) is -0.975. The average Bonchev–Trinajstić information content (AvgIpc) is 3.48. The van der Waals surface area contributed by atoms with Crippen LogP contribution in [0.4, 0.5) is 5.69 Å². The first-order valence-corrected chi connectivity index (χ1v) is 11.4. The van der Waals surface area contributed by atoms with Crippen molar-refractivity contribution in [1.82, 2.24) is 0 Å². The zero-order chi connectivity index (χ0) is 25.2. The Balaban J connectivity index is 1.56. The van der Waals surface area contributed by atoms with E-state index in [1.54, 1.807) is 60.7 Å². The number of benzene rings is 3. The van der Waals surface area contributed by atoms with Gasteiger partial charge in [-0.2, -0.15) is 0 Å². The summed E-state index contributed by atoms with van der Waals surface area (Å²) < 4.78 is 17.0. The van der Waals surface area contributed by atoms with Crippen molar-refractivity contribution in [2.45, 2.75) is 11.7 Å². The van der Waals surface area contributed by atoms with Gasteiger partial charge < -0.3 is 14.2 Å². The van der Waals surface area contributed by atoms with Crippen molar-refractivity contribution < 1.29 is 33.4 Å². The topological polar surface area (TPSA) is 99.2 Å². The van der Waals surface area contributed by atoms with E-state index in [4.69, 9.17) is 14.2 Å². The number of amides is 2. The molecule has 2 fully saturated rings. The fraction of sp³-hybridized carbons (Fsp3) is 0.214. The molecule has 3 aromatic rings. The molecule has 3 atom stereocenters. The van der Waals surface area contributed by atoms with Gasteiger partial charge in [0, 0.05) is 17.2 Å². The number of hydrogen-bond acceptors (Lipinski definition) is 7. The van der Waals surface area contributed by atoms with Crippen molar-refractivity contribution in [3.05, 3.63) is 89.5 Å². The lowest BCUT2D eigenvalue weighted by atomic mass is 9.77. The number of imide groups is 1. The van der Waals surface area contributed by atoms with Gasteiger partial charge in [0.1, 0.15) is 11.5 Å². The van der Waals surface area contributed by atoms with E-state index in [2.05, 4.69) is 0 Å². The maximum absolute atomic E-state index is 14.1. The highest BCUT2D eigenvalue weighted by Crippen LogP contribution is 2.58. The normalized spacial score (nSPS) is 23.8. The lowest BCUT2D eigenvalue weighted by Crippen LogP contribution is -2.51. The van der Waals surface area contributed by atoms with Crippen LogP contribution in [-0.4, -0.2) is 43.2 Å². The van der Waals surface area contributed by atoms with E-state index >= 15 is 0 Å². The molecule has 2 saturated heterocycles. The summed E-state index contributed by atoms with van der Waals surface area (Å²) in [6.45, 7) is 0. The van der Waals surface area contributed by atoms with Gasteiger partial charge >= 0.3 is 0 Å². The maximum Gasteiger partial charge on any atom is 0.241 e. The Hall–Kier alpha value is -4.30. The summed E-state index contributed by atoms with van der Waals surface area (Å²) in [4.78, 5) is 56.6. The molecule has 1 spiro atoms. The van der Waals surface area contributed by atoms with Gasteiger partial charge in [0.25, 0.3) is 0 Å². The van der Waals surface area contributed by atoms with Crippen molar-refractivity contribution in [2.24, 2.45) is 11.8 Å². The molecule has 0 N–H and O–H groups in total. The number of rotatable bonds is 4. The number of ketones is 2. The van der Waals surface area contributed by atoms with Crippen LogP contribution in [0.25, 0.3) is 0 Å². The van der Waals surface area contributed by atoms with Gasteiger partial charge in [-0.15, -0.1) is 0 Å². The van der Waals surface area contributed by atoms with Crippen molar-refractivity contribution in [2.75, 3.05) is 19.1 Å². The quantitative estimate of drug-likeness (QED) is 0.414. The number of carbonyl (C=O) groups excluding carboxylic acids is 4. The summed E-state index contributed by atoms with van der Waals surface area (Å²) in [5.41, 5.74) is -0.969. The fourth-order valence-electron chi connectivity index (χ4n) is 5.67. The molecule has 8 heteroatoms. The third-order valence-corrected chi connectivity index (χ3v) is 7.27. The summed E-state index contributed by atoms with van der Waals surface area (Å²) in [6, 6.07) is 20.0. The Morgan fingerprint density at radius 3 is 2.03 bits per heavy atom. The zero-order valence-corrected chi connectivity index (χ0v) is 19.5. The van der Waals surface area contributed by atoms with E-state index in [0.717, 1.165) is 4.90 Å². The summed E-state index contributed by atoms with van der Waals surface area (Å²) in [7, 11) is 2.89. The number of fused-ring (bicyclic) bond motifs is 3. The Kier molecular flexibility index (Phi) is 4.84. The minimum absolute atomic E-state index is 0.179. The lowest BCUT2D eigenvalue weighted by molar-refractivity contribution is -0.127. The second kappa shape index (κ2) is 7.86. The van der Waals surface area contributed by atoms with Crippen LogP contribution in [-0.2, 0) is 14.3 Å². The van der Waals surface area contributed by atoms with Crippen LogP contribution in [0.2, 0.25) is 0 Å². The molecule has 3 aromatic carbocycles. The van der Waals surface area contributed by atoms with E-state index in [0.29, 0.717) is 11.3 Å². The second-order valence-corrected chi connectivity index (χ2v) is 8.94. The Morgan fingerprint density at radius 1 is 0.778 bits per heavy atom. The number of ether oxygens (including phenoxy) is 3. The van der Waals surface area contributed by atoms with Gasteiger partial charge in [-0.1, -0.05) is 54.6 Å². The minimum Gasteiger partial charge on any atom is -0.497 e. The van der Waals surface area contributed by atoms with E-state index in [1.807, 2.05) is 6.07 Å². The first-order valence-electron chi connectivity index (χ1n) is 11.4. The molecule has 2 amide bonds. The van der Waals surface area contributed by atoms with Gasteiger partial charge in [-0.3, -0.25) is 19.2 Å². The molecule has 180 valence electrons. The number of anilines is 1. The lowest BCUT2D eigenvalue weighted by Gasteiger charge is -2.27. The zero-order valence-electron chi connectivity index (χ0n) is 19.5. The summed E-state index contributed by atoms with van der Waals surface area (Å²) >= 11 is 0. The molecule has 0 unspecified atom stereocenters. The predicted octanol–water partition coefficient (Wildman–Crippen LogP) is 3.40. The van der Waals surface area contributed by atoms with E-state index < -0.39 is 46.9 Å². The molecule has 0 aromatic heterocycles. The molecule has 36 heavy (non-hydrogen) atoms. The molecule has 3 aliphatic rings. The number of hydrogen-bond donors (Lipinski definition) is 0. The second-order valence-electron chi connectivity index (χ2n) is 8.94. The molecule has 0 radical (unpaired) electrons. The molecule has 6 rings (SSSR count). The van der Waals surface area contributed by atoms with Gasteiger partial charge in [0.15, 0.2) is 0 Å². The highest BCUT2D eigenvalue weighted by molar-refractivity contribution is 6.37. The SMILES string of the molecule is COc1ccc(OC)c(N2C(=O)[C@@H]3[C@@H](c4ccccc4)OC4(C(=O)c5ccccc5C4=O)[C@H]3C2=O)c1. The highest BCUT2D eigenvalue weighted by Gasteiger charge is 2.74. The Morgan fingerprint density at radius 2 is 1.42 bits per heavy atom. The molecule has 8 nitrogen and oxygen atoms in total. The van der Waals surface area contributed by atoms with E-state index in [9.17, 15) is 19.2 Å². The largest absolute Gasteiger partial charge is 0.497 e. The van der Waals surface area contributed by atoms with Crippen molar-refractivity contribution in [1.29, 1.82) is 0 Å². The highest BCUT2D eigenvalue weighted by atomic mass is 16.5. The molecular weight excluding hydrogens is 462 g/mol. The third-order valence-electron chi connectivity index (χ3n) is 7.27. The van der Waals surface area contributed by atoms with Crippen molar-refractivity contribution >= 4 is 29.1 Å². The number of carbonyl (C=O) groups is 4. The van der Waals surface area contributed by atoms with E-state index in [1.165, 1.54) is 20.3 Å². The number of Topliss-reactive ketones (excluding diaryl/α,β-unsaturated/α-hetero) is 2. The van der Waals surface area contributed by atoms with Crippen LogP contribution in [0.1, 0.15) is 32.4 Å². The molecule has 0 bridgehead atoms. The smallest absolute Gasteiger partial charge is 0.241 e. The number of methoxy groups -OCH3 is 2.